The molecule has 2 aromatic rings. The predicted octanol–water partition coefficient (Wildman–Crippen LogP) is 7.61. The summed E-state index contributed by atoms with van der Waals surface area (Å²) in [6.45, 7) is 7.96. The third-order valence-corrected chi connectivity index (χ3v) is 6.70. The van der Waals surface area contributed by atoms with Gasteiger partial charge in [0.1, 0.15) is 5.75 Å². The number of rotatable bonds is 15. The van der Waals surface area contributed by atoms with Gasteiger partial charge >= 0.3 is 11.9 Å². The van der Waals surface area contributed by atoms with Gasteiger partial charge in [0.15, 0.2) is 17.7 Å². The van der Waals surface area contributed by atoms with Crippen molar-refractivity contribution in [3.05, 3.63) is 78.1 Å². The Morgan fingerprint density at radius 1 is 1.00 bits per heavy atom. The highest BCUT2D eigenvalue weighted by Gasteiger charge is 2.44. The Bertz CT molecular complexity index is 1170. The van der Waals surface area contributed by atoms with E-state index < -0.39 is 29.5 Å². The maximum absolute atomic E-state index is 14.9. The number of hydrogen-bond donors (Lipinski definition) is 0. The van der Waals surface area contributed by atoms with Crippen LogP contribution in [0.25, 0.3) is 5.57 Å². The van der Waals surface area contributed by atoms with Gasteiger partial charge in [-0.15, -0.1) is 0 Å². The van der Waals surface area contributed by atoms with Crippen molar-refractivity contribution in [1.29, 1.82) is 0 Å². The molecule has 2 aromatic carbocycles. The smallest absolute Gasteiger partial charge is 0.360 e. The van der Waals surface area contributed by atoms with Gasteiger partial charge in [-0.2, -0.15) is 0 Å². The summed E-state index contributed by atoms with van der Waals surface area (Å²) in [5.41, 5.74) is 0.119. The molecule has 1 aliphatic carbocycles. The lowest BCUT2D eigenvalue weighted by Crippen LogP contribution is -2.47. The minimum absolute atomic E-state index is 0.0117. The van der Waals surface area contributed by atoms with Gasteiger partial charge < -0.3 is 18.9 Å². The second-order valence-corrected chi connectivity index (χ2v) is 10.1. The van der Waals surface area contributed by atoms with E-state index in [1.54, 1.807) is 13.0 Å². The second-order valence-electron chi connectivity index (χ2n) is 10.1. The van der Waals surface area contributed by atoms with Crippen LogP contribution in [-0.4, -0.2) is 36.4 Å². The van der Waals surface area contributed by atoms with Gasteiger partial charge in [-0.3, -0.25) is 0 Å². The van der Waals surface area contributed by atoms with E-state index in [0.29, 0.717) is 6.61 Å². The molecule has 0 bridgehead atoms. The third kappa shape index (κ3) is 8.78. The fourth-order valence-electron chi connectivity index (χ4n) is 4.33. The van der Waals surface area contributed by atoms with E-state index in [2.05, 4.69) is 6.92 Å². The zero-order valence-corrected chi connectivity index (χ0v) is 24.0. The minimum atomic E-state index is -1.72. The fourth-order valence-corrected chi connectivity index (χ4v) is 4.33. The Labute approximate surface area is 237 Å². The molecular weight excluding hydrogens is 511 g/mol. The van der Waals surface area contributed by atoms with Gasteiger partial charge in [0, 0.05) is 19.1 Å². The number of unbranched alkanes of at least 4 members (excludes halogenated alkanes) is 3. The average Bonchev–Trinajstić information content (AvgIpc) is 2.96. The van der Waals surface area contributed by atoms with Crippen LogP contribution in [-0.2, 0) is 19.1 Å². The molecule has 7 heteroatoms. The Morgan fingerprint density at radius 2 is 1.77 bits per heavy atom. The monoisotopic (exact) mass is 552 g/mol. The molecule has 0 spiro atoms. The summed E-state index contributed by atoms with van der Waals surface area (Å²) in [5.74, 6) is -2.07. The van der Waals surface area contributed by atoms with E-state index in [1.807, 2.05) is 50.3 Å². The summed E-state index contributed by atoms with van der Waals surface area (Å²) < 4.78 is 37.4. The van der Waals surface area contributed by atoms with Gasteiger partial charge in [0.05, 0.1) is 6.10 Å². The van der Waals surface area contributed by atoms with Crippen LogP contribution < -0.4 is 9.47 Å². The fraction of sp³-hybridized carbons (Fsp3) is 0.455. The molecule has 0 saturated heterocycles. The van der Waals surface area contributed by atoms with Crippen LogP contribution in [0, 0.1) is 5.82 Å². The molecule has 0 N–H and O–H groups in total. The highest BCUT2D eigenvalue weighted by atomic mass is 19.1. The van der Waals surface area contributed by atoms with Gasteiger partial charge in [-0.25, -0.2) is 14.0 Å². The number of ether oxygens (including phenoxy) is 4. The van der Waals surface area contributed by atoms with E-state index in [4.69, 9.17) is 18.9 Å². The number of halogens is 1. The molecule has 0 heterocycles. The van der Waals surface area contributed by atoms with Crippen molar-refractivity contribution in [3.63, 3.8) is 0 Å². The highest BCUT2D eigenvalue weighted by molar-refractivity contribution is 5.91. The highest BCUT2D eigenvalue weighted by Crippen LogP contribution is 2.33. The summed E-state index contributed by atoms with van der Waals surface area (Å²) >= 11 is 0. The third-order valence-electron chi connectivity index (χ3n) is 6.70. The largest absolute Gasteiger partial charge is 0.488 e. The lowest BCUT2D eigenvalue weighted by atomic mass is 9.89. The van der Waals surface area contributed by atoms with Crippen molar-refractivity contribution in [1.82, 2.24) is 0 Å². The van der Waals surface area contributed by atoms with Crippen LogP contribution in [0.15, 0.2) is 66.8 Å². The first-order valence-electron chi connectivity index (χ1n) is 14.3. The van der Waals surface area contributed by atoms with Crippen molar-refractivity contribution in [2.75, 3.05) is 6.61 Å². The molecular formula is C33H41FO6. The summed E-state index contributed by atoms with van der Waals surface area (Å²) in [7, 11) is 0. The Morgan fingerprint density at radius 3 is 2.42 bits per heavy atom. The number of allylic oxidation sites excluding steroid dienone is 2. The summed E-state index contributed by atoms with van der Waals surface area (Å²) in [6.07, 6.45) is 10.1. The zero-order valence-electron chi connectivity index (χ0n) is 24.0. The Hall–Kier alpha value is -3.45. The van der Waals surface area contributed by atoms with Crippen LogP contribution in [0.5, 0.6) is 11.5 Å². The lowest BCUT2D eigenvalue weighted by Gasteiger charge is -2.31. The molecule has 0 aliphatic heterocycles. The van der Waals surface area contributed by atoms with E-state index >= 15 is 0 Å². The molecule has 3 atom stereocenters. The molecule has 1 aliphatic rings. The molecule has 0 aromatic heterocycles. The molecule has 216 valence electrons. The van der Waals surface area contributed by atoms with Crippen LogP contribution in [0.2, 0.25) is 0 Å². The molecule has 0 radical (unpaired) electrons. The molecule has 0 saturated carbocycles. The Balaban J connectivity index is 1.74. The first-order chi connectivity index (χ1) is 19.3. The average molecular weight is 553 g/mol. The molecule has 3 rings (SSSR count). The normalized spacial score (nSPS) is 18.0. The second kappa shape index (κ2) is 15.4. The molecule has 0 amide bonds. The maximum Gasteiger partial charge on any atom is 0.360 e. The predicted molar refractivity (Wildman–Crippen MR) is 154 cm³/mol. The van der Waals surface area contributed by atoms with Crippen molar-refractivity contribution < 1.29 is 32.9 Å². The zero-order chi connectivity index (χ0) is 29.0. The van der Waals surface area contributed by atoms with E-state index in [-0.39, 0.29) is 24.0 Å². The van der Waals surface area contributed by atoms with Gasteiger partial charge in [-0.1, -0.05) is 75.6 Å². The first kappa shape index (κ1) is 31.1. The number of carbonyl (C=O) groups is 2. The van der Waals surface area contributed by atoms with Crippen LogP contribution in [0.1, 0.15) is 78.2 Å². The quantitative estimate of drug-likeness (QED) is 0.129. The topological polar surface area (TPSA) is 71.1 Å². The lowest BCUT2D eigenvalue weighted by molar-refractivity contribution is -0.178. The van der Waals surface area contributed by atoms with Crippen molar-refractivity contribution in [2.45, 2.75) is 90.4 Å². The summed E-state index contributed by atoms with van der Waals surface area (Å²) in [6, 6.07) is 13.7. The van der Waals surface area contributed by atoms with E-state index in [0.717, 1.165) is 49.3 Å². The number of esters is 2. The van der Waals surface area contributed by atoms with Gasteiger partial charge in [0.25, 0.3) is 0 Å². The number of carbonyl (C=O) groups excluding carboxylic acids is 2. The maximum atomic E-state index is 14.9. The molecule has 6 nitrogen and oxygen atoms in total. The number of hydrogen-bond acceptors (Lipinski definition) is 6. The standard InChI is InChI=1S/C33H41FO6/c1-5-7-8-10-13-24(3)38-30-17-16-28(23-29(30)34)39-32(36)33(40-31(35)25(4)37-22-6-2)20-18-27(19-21-33)26-14-11-9-12-15-26/h9,11-12,14-20,23-25H,5-8,10,13,21-22H2,1-4H3/t24-,25?,33-/m1/s1. The van der Waals surface area contributed by atoms with Crippen molar-refractivity contribution >= 4 is 17.5 Å². The van der Waals surface area contributed by atoms with Crippen LogP contribution in [0.3, 0.4) is 0 Å². The Kier molecular flexibility index (Phi) is 11.9. The molecule has 0 fully saturated rings. The summed E-state index contributed by atoms with van der Waals surface area (Å²) in [4.78, 5) is 26.3. The molecule has 1 unspecified atom stereocenters. The van der Waals surface area contributed by atoms with E-state index in [9.17, 15) is 14.0 Å². The van der Waals surface area contributed by atoms with Crippen molar-refractivity contribution in [2.24, 2.45) is 0 Å². The van der Waals surface area contributed by atoms with Gasteiger partial charge in [-0.05, 0) is 62.5 Å². The SMILES string of the molecule is CCCCCC[C@@H](C)Oc1ccc(OC(=O)[C@@]2(OC(=O)C(C)OCCC)C=CC(c3ccccc3)=CC2)cc1F. The molecule has 40 heavy (non-hydrogen) atoms. The van der Waals surface area contributed by atoms with E-state index in [1.165, 1.54) is 24.6 Å². The number of benzene rings is 2. The van der Waals surface area contributed by atoms with Crippen LogP contribution >= 0.6 is 0 Å². The van der Waals surface area contributed by atoms with Crippen molar-refractivity contribution in [3.8, 4) is 11.5 Å². The van der Waals surface area contributed by atoms with Gasteiger partial charge in [0.2, 0.25) is 5.60 Å². The van der Waals surface area contributed by atoms with Crippen LogP contribution in [0.4, 0.5) is 4.39 Å². The first-order valence-corrected chi connectivity index (χ1v) is 14.3. The summed E-state index contributed by atoms with van der Waals surface area (Å²) in [5, 5.41) is 0. The minimum Gasteiger partial charge on any atom is -0.488 e.